The second-order valence-corrected chi connectivity index (χ2v) is 8.51. The van der Waals surface area contributed by atoms with Crippen LogP contribution in [0.5, 0.6) is 0 Å². The van der Waals surface area contributed by atoms with E-state index in [1.54, 1.807) is 0 Å². The fraction of sp³-hybridized carbons (Fsp3) is 0.765. The summed E-state index contributed by atoms with van der Waals surface area (Å²) in [6, 6.07) is 0.244. The number of nitrogens with one attached hydrogen (secondary N) is 1. The number of rotatable bonds is 1. The van der Waals surface area contributed by atoms with Gasteiger partial charge in [0, 0.05) is 17.8 Å². The van der Waals surface area contributed by atoms with Crippen LogP contribution in [0.25, 0.3) is 0 Å². The molecule has 0 radical (unpaired) electrons. The van der Waals surface area contributed by atoms with E-state index in [1.807, 2.05) is 11.3 Å². The Hall–Kier alpha value is -0.650. The molecule has 1 unspecified atom stereocenters. The summed E-state index contributed by atoms with van der Waals surface area (Å²) in [4.78, 5) is 21.0. The quantitative estimate of drug-likeness (QED) is 0.841. The van der Waals surface area contributed by atoms with E-state index < -0.39 is 0 Å². The zero-order chi connectivity index (χ0) is 15.2. The van der Waals surface area contributed by atoms with Crippen LogP contribution in [0, 0.1) is 12.3 Å². The molecule has 4 rings (SSSR count). The van der Waals surface area contributed by atoms with Gasteiger partial charge in [0.15, 0.2) is 0 Å². The average molecular weight is 356 g/mol. The molecular weight excluding hydrogens is 330 g/mol. The van der Waals surface area contributed by atoms with Crippen LogP contribution < -0.4 is 5.32 Å². The highest BCUT2D eigenvalue weighted by Crippen LogP contribution is 2.44. The fourth-order valence-corrected chi connectivity index (χ4v) is 5.55. The summed E-state index contributed by atoms with van der Waals surface area (Å²) in [5.41, 5.74) is 1.58. The van der Waals surface area contributed by atoms with Gasteiger partial charge in [0.25, 0.3) is 0 Å². The third-order valence-corrected chi connectivity index (χ3v) is 6.81. The molecule has 1 atom stereocenters. The number of nitrogens with zero attached hydrogens (tertiary/aromatic N) is 2. The standard InChI is InChI=1S/C17H25N3OS.ClH/c1-12-19-16-13(3-2-4-14(16)22-12)20-11-17(6-5-15(20)21)7-9-18-10-8-17;/h13,18H,2-11H2,1H3;1H. The number of amides is 1. The minimum atomic E-state index is 0. The Kier molecular flexibility index (Phi) is 5.00. The van der Waals surface area contributed by atoms with E-state index in [0.29, 0.717) is 11.3 Å². The van der Waals surface area contributed by atoms with Crippen molar-refractivity contribution < 1.29 is 4.79 Å². The maximum absolute atomic E-state index is 12.6. The number of likely N-dealkylation sites (tertiary alicyclic amines) is 1. The van der Waals surface area contributed by atoms with Crippen molar-refractivity contribution in [2.45, 2.75) is 57.9 Å². The Labute approximate surface area is 148 Å². The van der Waals surface area contributed by atoms with E-state index >= 15 is 0 Å². The first-order valence-electron chi connectivity index (χ1n) is 8.63. The predicted molar refractivity (Wildman–Crippen MR) is 95.3 cm³/mol. The second-order valence-electron chi connectivity index (χ2n) is 7.22. The average Bonchev–Trinajstić information content (AvgIpc) is 2.91. The van der Waals surface area contributed by atoms with E-state index in [0.717, 1.165) is 50.3 Å². The van der Waals surface area contributed by atoms with E-state index in [1.165, 1.54) is 29.8 Å². The van der Waals surface area contributed by atoms with Crippen molar-refractivity contribution in [2.75, 3.05) is 19.6 Å². The van der Waals surface area contributed by atoms with E-state index in [9.17, 15) is 4.79 Å². The van der Waals surface area contributed by atoms with Crippen LogP contribution in [0.4, 0.5) is 0 Å². The molecule has 1 amide bonds. The van der Waals surface area contributed by atoms with Gasteiger partial charge < -0.3 is 10.2 Å². The summed E-state index contributed by atoms with van der Waals surface area (Å²) < 4.78 is 0. The van der Waals surface area contributed by atoms with Crippen molar-refractivity contribution in [1.29, 1.82) is 0 Å². The van der Waals surface area contributed by atoms with Crippen LogP contribution in [0.15, 0.2) is 0 Å². The van der Waals surface area contributed by atoms with Crippen LogP contribution in [0.1, 0.15) is 60.1 Å². The summed E-state index contributed by atoms with van der Waals surface area (Å²) in [5.74, 6) is 0.354. The Morgan fingerprint density at radius 1 is 1.26 bits per heavy atom. The molecule has 1 N–H and O–H groups in total. The maximum atomic E-state index is 12.6. The summed E-state index contributed by atoms with van der Waals surface area (Å²) in [6.07, 6.45) is 7.68. The van der Waals surface area contributed by atoms with Crippen molar-refractivity contribution in [3.63, 3.8) is 0 Å². The zero-order valence-electron chi connectivity index (χ0n) is 13.8. The number of aryl methyl sites for hydroxylation is 2. The number of carbonyl (C=O) groups excluding carboxylic acids is 1. The molecule has 23 heavy (non-hydrogen) atoms. The molecule has 1 aliphatic carbocycles. The number of hydrogen-bond acceptors (Lipinski definition) is 4. The Balaban J connectivity index is 0.00000156. The molecule has 128 valence electrons. The van der Waals surface area contributed by atoms with Crippen LogP contribution >= 0.6 is 23.7 Å². The predicted octanol–water partition coefficient (Wildman–Crippen LogP) is 3.24. The normalized spacial score (nSPS) is 26.7. The summed E-state index contributed by atoms with van der Waals surface area (Å²) >= 11 is 1.83. The SMILES string of the molecule is Cc1nc2c(s1)CCCC2N1CC2(CCNCC2)CCC1=O.Cl. The van der Waals surface area contributed by atoms with Crippen LogP contribution in [-0.2, 0) is 11.2 Å². The van der Waals surface area contributed by atoms with Crippen molar-refractivity contribution in [1.82, 2.24) is 15.2 Å². The minimum absolute atomic E-state index is 0. The molecule has 3 heterocycles. The lowest BCUT2D eigenvalue weighted by Crippen LogP contribution is -2.52. The van der Waals surface area contributed by atoms with Crippen LogP contribution in [-0.4, -0.2) is 35.4 Å². The van der Waals surface area contributed by atoms with Gasteiger partial charge in [-0.2, -0.15) is 0 Å². The Morgan fingerprint density at radius 2 is 2.04 bits per heavy atom. The fourth-order valence-electron chi connectivity index (χ4n) is 4.51. The lowest BCUT2D eigenvalue weighted by Gasteiger charge is -2.48. The van der Waals surface area contributed by atoms with Crippen molar-refractivity contribution in [3.05, 3.63) is 15.6 Å². The van der Waals surface area contributed by atoms with Gasteiger partial charge in [0.2, 0.25) is 5.91 Å². The monoisotopic (exact) mass is 355 g/mol. The van der Waals surface area contributed by atoms with Gasteiger partial charge in [-0.3, -0.25) is 4.79 Å². The minimum Gasteiger partial charge on any atom is -0.333 e. The zero-order valence-corrected chi connectivity index (χ0v) is 15.4. The number of carbonyl (C=O) groups is 1. The molecule has 6 heteroatoms. The van der Waals surface area contributed by atoms with Gasteiger partial charge in [-0.1, -0.05) is 0 Å². The molecule has 0 saturated carbocycles. The summed E-state index contributed by atoms with van der Waals surface area (Å²) in [5, 5.41) is 4.62. The molecule has 1 aromatic heterocycles. The van der Waals surface area contributed by atoms with Crippen LogP contribution in [0.2, 0.25) is 0 Å². The van der Waals surface area contributed by atoms with Crippen LogP contribution in [0.3, 0.4) is 0 Å². The van der Waals surface area contributed by atoms with Gasteiger partial charge in [-0.15, -0.1) is 23.7 Å². The van der Waals surface area contributed by atoms with E-state index in [-0.39, 0.29) is 18.4 Å². The third kappa shape index (κ3) is 3.15. The smallest absolute Gasteiger partial charge is 0.223 e. The first-order chi connectivity index (χ1) is 10.7. The van der Waals surface area contributed by atoms with Crippen molar-refractivity contribution >= 4 is 29.7 Å². The lowest BCUT2D eigenvalue weighted by atomic mass is 9.72. The number of hydrogen-bond donors (Lipinski definition) is 1. The van der Waals surface area contributed by atoms with Gasteiger partial charge >= 0.3 is 0 Å². The number of fused-ring (bicyclic) bond motifs is 1. The molecule has 0 aromatic carbocycles. The molecule has 4 nitrogen and oxygen atoms in total. The first kappa shape index (κ1) is 17.2. The maximum Gasteiger partial charge on any atom is 0.223 e. The third-order valence-electron chi connectivity index (χ3n) is 5.77. The highest BCUT2D eigenvalue weighted by molar-refractivity contribution is 7.11. The topological polar surface area (TPSA) is 45.2 Å². The molecule has 0 bridgehead atoms. The molecular formula is C17H26ClN3OS. The summed E-state index contributed by atoms with van der Waals surface area (Å²) in [6.45, 7) is 5.25. The first-order valence-corrected chi connectivity index (χ1v) is 9.45. The molecule has 2 fully saturated rings. The highest BCUT2D eigenvalue weighted by atomic mass is 35.5. The van der Waals surface area contributed by atoms with E-state index in [4.69, 9.17) is 4.98 Å². The number of aromatic nitrogens is 1. The molecule has 1 aromatic rings. The molecule has 1 spiro atoms. The second kappa shape index (κ2) is 6.69. The Bertz CT molecular complexity index is 582. The van der Waals surface area contributed by atoms with Gasteiger partial charge in [-0.25, -0.2) is 4.98 Å². The van der Waals surface area contributed by atoms with Gasteiger partial charge in [0.1, 0.15) is 0 Å². The number of thiazole rings is 1. The molecule has 3 aliphatic rings. The molecule has 2 aliphatic heterocycles. The highest BCUT2D eigenvalue weighted by Gasteiger charge is 2.43. The summed E-state index contributed by atoms with van der Waals surface area (Å²) in [7, 11) is 0. The Morgan fingerprint density at radius 3 is 2.83 bits per heavy atom. The number of piperidine rings is 2. The molecule has 2 saturated heterocycles. The van der Waals surface area contributed by atoms with Gasteiger partial charge in [0.05, 0.1) is 16.7 Å². The largest absolute Gasteiger partial charge is 0.333 e. The lowest BCUT2D eigenvalue weighted by molar-refractivity contribution is -0.142. The van der Waals surface area contributed by atoms with E-state index in [2.05, 4.69) is 17.1 Å². The van der Waals surface area contributed by atoms with Crippen molar-refractivity contribution in [3.8, 4) is 0 Å². The van der Waals surface area contributed by atoms with Gasteiger partial charge in [-0.05, 0) is 64.0 Å². The number of halogens is 1. The van der Waals surface area contributed by atoms with Crippen molar-refractivity contribution in [2.24, 2.45) is 5.41 Å².